The molecule has 0 radical (unpaired) electrons. The van der Waals surface area contributed by atoms with Gasteiger partial charge in [-0.15, -0.1) is 0 Å². The van der Waals surface area contributed by atoms with Crippen LogP contribution in [0.2, 0.25) is 5.02 Å². The highest BCUT2D eigenvalue weighted by Crippen LogP contribution is 2.42. The molecule has 1 aromatic carbocycles. The van der Waals surface area contributed by atoms with Gasteiger partial charge in [-0.3, -0.25) is 4.79 Å². The second kappa shape index (κ2) is 6.91. The zero-order chi connectivity index (χ0) is 18.1. The molecular formula is C19H23ClN4O2. The Kier molecular flexibility index (Phi) is 4.61. The Hall–Kier alpha value is -2.08. The highest BCUT2D eigenvalue weighted by Gasteiger charge is 2.45. The second-order valence-electron chi connectivity index (χ2n) is 7.38. The van der Waals surface area contributed by atoms with E-state index in [0.717, 1.165) is 49.5 Å². The minimum absolute atomic E-state index is 0.0807. The van der Waals surface area contributed by atoms with Gasteiger partial charge in [0.2, 0.25) is 11.8 Å². The summed E-state index contributed by atoms with van der Waals surface area (Å²) in [5.41, 5.74) is 1.20. The topological polar surface area (TPSA) is 62.5 Å². The fourth-order valence-corrected chi connectivity index (χ4v) is 4.10. The number of likely N-dealkylation sites (tertiary alicyclic amines) is 1. The number of benzene rings is 1. The van der Waals surface area contributed by atoms with Gasteiger partial charge in [-0.25, -0.2) is 0 Å². The Morgan fingerprint density at radius 3 is 2.62 bits per heavy atom. The molecular weight excluding hydrogens is 352 g/mol. The number of rotatable bonds is 4. The van der Waals surface area contributed by atoms with Crippen LogP contribution in [0, 0.1) is 5.41 Å². The summed E-state index contributed by atoms with van der Waals surface area (Å²) in [6, 6.07) is 7.73. The number of carbonyl (C=O) groups excluding carboxylic acids is 1. The van der Waals surface area contributed by atoms with Crippen molar-refractivity contribution >= 4 is 23.5 Å². The Morgan fingerprint density at radius 2 is 1.96 bits per heavy atom. The van der Waals surface area contributed by atoms with Gasteiger partial charge in [0, 0.05) is 49.5 Å². The van der Waals surface area contributed by atoms with Crippen molar-refractivity contribution in [2.75, 3.05) is 24.5 Å². The first-order valence-electron chi connectivity index (χ1n) is 9.17. The fourth-order valence-electron chi connectivity index (χ4n) is 3.97. The Labute approximate surface area is 158 Å². The lowest BCUT2D eigenvalue weighted by Crippen LogP contribution is -2.42. The molecule has 0 unspecified atom stereocenters. The van der Waals surface area contributed by atoms with Gasteiger partial charge in [0.25, 0.3) is 5.95 Å². The largest absolute Gasteiger partial charge is 0.338 e. The van der Waals surface area contributed by atoms with Crippen molar-refractivity contribution < 1.29 is 9.32 Å². The van der Waals surface area contributed by atoms with E-state index in [1.54, 1.807) is 0 Å². The summed E-state index contributed by atoms with van der Waals surface area (Å²) < 4.78 is 5.22. The molecule has 2 aliphatic heterocycles. The first-order chi connectivity index (χ1) is 12.6. The van der Waals surface area contributed by atoms with E-state index in [1.807, 2.05) is 36.1 Å². The molecule has 0 saturated carbocycles. The lowest BCUT2D eigenvalue weighted by atomic mass is 9.77. The molecule has 6 nitrogen and oxygen atoms in total. The van der Waals surface area contributed by atoms with Gasteiger partial charge in [-0.05, 0) is 35.7 Å². The van der Waals surface area contributed by atoms with Crippen molar-refractivity contribution in [2.24, 2.45) is 5.41 Å². The molecule has 4 rings (SSSR count). The molecule has 2 saturated heterocycles. The smallest absolute Gasteiger partial charge is 0.266 e. The first-order valence-corrected chi connectivity index (χ1v) is 9.54. The van der Waals surface area contributed by atoms with Crippen LogP contribution in [0.1, 0.15) is 37.6 Å². The minimum Gasteiger partial charge on any atom is -0.338 e. The van der Waals surface area contributed by atoms with Crippen LogP contribution in [0.4, 0.5) is 5.95 Å². The van der Waals surface area contributed by atoms with Gasteiger partial charge < -0.3 is 14.3 Å². The maximum absolute atomic E-state index is 12.6. The van der Waals surface area contributed by atoms with Crippen LogP contribution in [0.25, 0.3) is 0 Å². The number of hydrogen-bond donors (Lipinski definition) is 0. The zero-order valence-corrected chi connectivity index (χ0v) is 15.7. The molecule has 1 amide bonds. The zero-order valence-electron chi connectivity index (χ0n) is 14.9. The van der Waals surface area contributed by atoms with Crippen LogP contribution in [-0.2, 0) is 17.8 Å². The standard InChI is InChI=1S/C19H23ClN4O2/c1-2-16-21-18(22-26-16)23-9-7-19(8-10-23)11-17(25)24(13-19)12-14-3-5-15(20)6-4-14/h3-6H,2,7-13H2,1H3. The molecule has 0 atom stereocenters. The fraction of sp³-hybridized carbons (Fsp3) is 0.526. The van der Waals surface area contributed by atoms with Gasteiger partial charge in [0.05, 0.1) is 0 Å². The highest BCUT2D eigenvalue weighted by molar-refractivity contribution is 6.30. The summed E-state index contributed by atoms with van der Waals surface area (Å²) in [4.78, 5) is 21.1. The van der Waals surface area contributed by atoms with E-state index in [4.69, 9.17) is 16.1 Å². The third kappa shape index (κ3) is 3.43. The SMILES string of the molecule is CCc1nc(N2CCC3(CC2)CC(=O)N(Cc2ccc(Cl)cc2)C3)no1. The molecule has 0 bridgehead atoms. The van der Waals surface area contributed by atoms with E-state index >= 15 is 0 Å². The van der Waals surface area contributed by atoms with Crippen LogP contribution >= 0.6 is 11.6 Å². The molecule has 1 aromatic heterocycles. The van der Waals surface area contributed by atoms with E-state index in [0.29, 0.717) is 24.8 Å². The van der Waals surface area contributed by atoms with Crippen LogP contribution in [0.5, 0.6) is 0 Å². The maximum Gasteiger partial charge on any atom is 0.266 e. The molecule has 0 aliphatic carbocycles. The lowest BCUT2D eigenvalue weighted by molar-refractivity contribution is -0.128. The molecule has 0 N–H and O–H groups in total. The summed E-state index contributed by atoms with van der Waals surface area (Å²) in [6.07, 6.45) is 3.34. The summed E-state index contributed by atoms with van der Waals surface area (Å²) in [6.45, 7) is 5.22. The first kappa shape index (κ1) is 17.3. The summed E-state index contributed by atoms with van der Waals surface area (Å²) in [5, 5.41) is 4.79. The van der Waals surface area contributed by atoms with E-state index in [2.05, 4.69) is 15.0 Å². The van der Waals surface area contributed by atoms with Gasteiger partial charge in [-0.1, -0.05) is 30.7 Å². The van der Waals surface area contributed by atoms with E-state index in [1.165, 1.54) is 0 Å². The second-order valence-corrected chi connectivity index (χ2v) is 7.82. The Bertz CT molecular complexity index is 781. The predicted octanol–water partition coefficient (Wildman–Crippen LogP) is 3.30. The van der Waals surface area contributed by atoms with Crippen molar-refractivity contribution in [3.05, 3.63) is 40.7 Å². The number of nitrogens with zero attached hydrogens (tertiary/aromatic N) is 4. The van der Waals surface area contributed by atoms with Crippen molar-refractivity contribution in [1.29, 1.82) is 0 Å². The summed E-state index contributed by atoms with van der Waals surface area (Å²) in [7, 11) is 0. The van der Waals surface area contributed by atoms with E-state index in [9.17, 15) is 4.79 Å². The number of carbonyl (C=O) groups is 1. The maximum atomic E-state index is 12.6. The Morgan fingerprint density at radius 1 is 1.23 bits per heavy atom. The van der Waals surface area contributed by atoms with Gasteiger partial charge in [0.1, 0.15) is 0 Å². The average Bonchev–Trinajstić information content (AvgIpc) is 3.23. The van der Waals surface area contributed by atoms with Crippen molar-refractivity contribution in [3.8, 4) is 0 Å². The predicted molar refractivity (Wildman–Crippen MR) is 99.0 cm³/mol. The molecule has 7 heteroatoms. The number of aromatic nitrogens is 2. The molecule has 26 heavy (non-hydrogen) atoms. The molecule has 2 fully saturated rings. The van der Waals surface area contributed by atoms with Gasteiger partial charge in [-0.2, -0.15) is 4.98 Å². The number of aryl methyl sites for hydroxylation is 1. The average molecular weight is 375 g/mol. The number of piperidine rings is 1. The van der Waals surface area contributed by atoms with Crippen LogP contribution in [0.15, 0.2) is 28.8 Å². The molecule has 138 valence electrons. The number of amides is 1. The third-order valence-corrected chi connectivity index (χ3v) is 5.81. The van der Waals surface area contributed by atoms with Crippen LogP contribution in [-0.4, -0.2) is 40.6 Å². The van der Waals surface area contributed by atoms with Crippen molar-refractivity contribution in [3.63, 3.8) is 0 Å². The molecule has 2 aliphatic rings. The Balaban J connectivity index is 1.38. The third-order valence-electron chi connectivity index (χ3n) is 5.56. The lowest BCUT2D eigenvalue weighted by Gasteiger charge is -2.38. The van der Waals surface area contributed by atoms with Crippen molar-refractivity contribution in [2.45, 2.75) is 39.2 Å². The van der Waals surface area contributed by atoms with E-state index < -0.39 is 0 Å². The number of anilines is 1. The summed E-state index contributed by atoms with van der Waals surface area (Å²) >= 11 is 5.95. The summed E-state index contributed by atoms with van der Waals surface area (Å²) in [5.74, 6) is 1.60. The molecule has 2 aromatic rings. The van der Waals surface area contributed by atoms with Crippen LogP contribution in [0.3, 0.4) is 0 Å². The van der Waals surface area contributed by atoms with Crippen LogP contribution < -0.4 is 4.90 Å². The molecule has 3 heterocycles. The van der Waals surface area contributed by atoms with Gasteiger partial charge >= 0.3 is 0 Å². The molecule has 1 spiro atoms. The quantitative estimate of drug-likeness (QED) is 0.821. The monoisotopic (exact) mass is 374 g/mol. The number of hydrogen-bond acceptors (Lipinski definition) is 5. The normalized spacial score (nSPS) is 19.5. The van der Waals surface area contributed by atoms with Crippen molar-refractivity contribution in [1.82, 2.24) is 15.0 Å². The van der Waals surface area contributed by atoms with Gasteiger partial charge in [0.15, 0.2) is 0 Å². The minimum atomic E-state index is 0.0807. The van der Waals surface area contributed by atoms with E-state index in [-0.39, 0.29) is 11.3 Å². The highest BCUT2D eigenvalue weighted by atomic mass is 35.5. The number of halogens is 1.